The molecule has 1 unspecified atom stereocenters. The highest BCUT2D eigenvalue weighted by atomic mass is 16.3. The maximum Gasteiger partial charge on any atom is 0.0992 e. The summed E-state index contributed by atoms with van der Waals surface area (Å²) in [4.78, 5) is 2.36. The third-order valence-electron chi connectivity index (χ3n) is 3.97. The Morgan fingerprint density at radius 2 is 2.16 bits per heavy atom. The predicted octanol–water partition coefficient (Wildman–Crippen LogP) is 3.38. The lowest BCUT2D eigenvalue weighted by atomic mass is 10.0. The van der Waals surface area contributed by atoms with Crippen LogP contribution in [0, 0.1) is 11.3 Å². The van der Waals surface area contributed by atoms with Gasteiger partial charge in [-0.1, -0.05) is 18.9 Å². The number of aliphatic hydroxyl groups is 1. The first-order valence-corrected chi connectivity index (χ1v) is 7.12. The van der Waals surface area contributed by atoms with Gasteiger partial charge in [0.2, 0.25) is 0 Å². The van der Waals surface area contributed by atoms with Gasteiger partial charge in [0.05, 0.1) is 17.7 Å². The average Bonchev–Trinajstić information content (AvgIpc) is 2.62. The third kappa shape index (κ3) is 3.08. The van der Waals surface area contributed by atoms with E-state index in [1.165, 1.54) is 25.7 Å². The lowest BCUT2D eigenvalue weighted by Gasteiger charge is -2.32. The molecule has 1 heterocycles. The first kappa shape index (κ1) is 13.9. The van der Waals surface area contributed by atoms with Crippen molar-refractivity contribution in [2.75, 3.05) is 11.4 Å². The van der Waals surface area contributed by atoms with Crippen molar-refractivity contribution in [1.29, 1.82) is 5.26 Å². The molecule has 1 aromatic rings. The fourth-order valence-electron chi connectivity index (χ4n) is 2.85. The van der Waals surface area contributed by atoms with Crippen LogP contribution in [0.25, 0.3) is 0 Å². The summed E-state index contributed by atoms with van der Waals surface area (Å²) in [5.41, 5.74) is 2.62. The van der Waals surface area contributed by atoms with Crippen molar-refractivity contribution in [2.45, 2.75) is 51.7 Å². The standard InChI is InChI=1S/C16H22N2O/c1-12-6-4-3-5-9-18(12)16-10-14(11-17)7-8-15(16)13(2)19/h7-8,10,12-13,19H,3-6,9H2,1-2H3/t12?,13-/m1/s1. The number of anilines is 1. The topological polar surface area (TPSA) is 47.3 Å². The molecule has 19 heavy (non-hydrogen) atoms. The van der Waals surface area contributed by atoms with E-state index in [1.807, 2.05) is 12.1 Å². The Balaban J connectivity index is 2.42. The summed E-state index contributed by atoms with van der Waals surface area (Å²) < 4.78 is 0. The quantitative estimate of drug-likeness (QED) is 0.884. The number of rotatable bonds is 2. The Bertz CT molecular complexity index is 476. The Hall–Kier alpha value is -1.53. The van der Waals surface area contributed by atoms with Gasteiger partial charge in [-0.05, 0) is 38.8 Å². The monoisotopic (exact) mass is 258 g/mol. The predicted molar refractivity (Wildman–Crippen MR) is 77.1 cm³/mol. The first-order valence-electron chi connectivity index (χ1n) is 7.12. The van der Waals surface area contributed by atoms with E-state index in [1.54, 1.807) is 13.0 Å². The second kappa shape index (κ2) is 6.08. The minimum atomic E-state index is -0.502. The summed E-state index contributed by atoms with van der Waals surface area (Å²) in [6.07, 6.45) is 4.39. The summed E-state index contributed by atoms with van der Waals surface area (Å²) in [5, 5.41) is 19.0. The van der Waals surface area contributed by atoms with Crippen LogP contribution >= 0.6 is 0 Å². The van der Waals surface area contributed by atoms with Crippen molar-refractivity contribution in [3.05, 3.63) is 29.3 Å². The van der Waals surface area contributed by atoms with E-state index in [9.17, 15) is 5.11 Å². The Morgan fingerprint density at radius 1 is 1.37 bits per heavy atom. The molecule has 2 atom stereocenters. The van der Waals surface area contributed by atoms with Crippen molar-refractivity contribution >= 4 is 5.69 Å². The second-order valence-corrected chi connectivity index (χ2v) is 5.45. The minimum Gasteiger partial charge on any atom is -0.389 e. The van der Waals surface area contributed by atoms with Crippen molar-refractivity contribution < 1.29 is 5.11 Å². The number of aliphatic hydroxyl groups excluding tert-OH is 1. The second-order valence-electron chi connectivity index (χ2n) is 5.45. The van der Waals surface area contributed by atoms with Crippen molar-refractivity contribution in [3.63, 3.8) is 0 Å². The highest BCUT2D eigenvalue weighted by Gasteiger charge is 2.21. The van der Waals surface area contributed by atoms with Crippen molar-refractivity contribution in [3.8, 4) is 6.07 Å². The zero-order chi connectivity index (χ0) is 13.8. The summed E-state index contributed by atoms with van der Waals surface area (Å²) in [5.74, 6) is 0. The minimum absolute atomic E-state index is 0.467. The molecule has 0 saturated carbocycles. The molecule has 3 nitrogen and oxygen atoms in total. The normalized spacial score (nSPS) is 21.6. The largest absolute Gasteiger partial charge is 0.389 e. The van der Waals surface area contributed by atoms with Crippen LogP contribution < -0.4 is 4.90 Å². The van der Waals surface area contributed by atoms with Crippen LogP contribution in [0.1, 0.15) is 56.8 Å². The fourth-order valence-corrected chi connectivity index (χ4v) is 2.85. The molecule has 1 aliphatic heterocycles. The molecule has 0 spiro atoms. The third-order valence-corrected chi connectivity index (χ3v) is 3.97. The number of nitriles is 1. The lowest BCUT2D eigenvalue weighted by Crippen LogP contribution is -2.33. The maximum atomic E-state index is 9.95. The molecule has 2 rings (SSSR count). The number of hydrogen-bond donors (Lipinski definition) is 1. The van der Waals surface area contributed by atoms with Gasteiger partial charge in [-0.3, -0.25) is 0 Å². The number of benzene rings is 1. The van der Waals surface area contributed by atoms with Gasteiger partial charge in [0.15, 0.2) is 0 Å². The summed E-state index contributed by atoms with van der Waals surface area (Å²) in [7, 11) is 0. The van der Waals surface area contributed by atoms with Gasteiger partial charge < -0.3 is 10.0 Å². The van der Waals surface area contributed by atoms with Gasteiger partial charge in [-0.15, -0.1) is 0 Å². The van der Waals surface area contributed by atoms with E-state index in [0.717, 1.165) is 17.8 Å². The first-order chi connectivity index (χ1) is 9.13. The van der Waals surface area contributed by atoms with Crippen LogP contribution in [-0.4, -0.2) is 17.7 Å². The van der Waals surface area contributed by atoms with E-state index >= 15 is 0 Å². The highest BCUT2D eigenvalue weighted by molar-refractivity contribution is 5.59. The highest BCUT2D eigenvalue weighted by Crippen LogP contribution is 2.31. The maximum absolute atomic E-state index is 9.95. The smallest absolute Gasteiger partial charge is 0.0992 e. The zero-order valence-corrected chi connectivity index (χ0v) is 11.8. The van der Waals surface area contributed by atoms with Gasteiger partial charge in [0.25, 0.3) is 0 Å². The zero-order valence-electron chi connectivity index (χ0n) is 11.8. The van der Waals surface area contributed by atoms with Gasteiger partial charge in [0.1, 0.15) is 0 Å². The molecule has 0 radical (unpaired) electrons. The molecular formula is C16H22N2O. The van der Waals surface area contributed by atoms with Gasteiger partial charge >= 0.3 is 0 Å². The lowest BCUT2D eigenvalue weighted by molar-refractivity contribution is 0.199. The molecule has 0 bridgehead atoms. The van der Waals surface area contributed by atoms with E-state index in [4.69, 9.17) is 5.26 Å². The Labute approximate surface area is 115 Å². The van der Waals surface area contributed by atoms with E-state index in [0.29, 0.717) is 11.6 Å². The van der Waals surface area contributed by atoms with Gasteiger partial charge in [-0.2, -0.15) is 5.26 Å². The molecule has 1 aliphatic rings. The molecule has 0 aromatic heterocycles. The molecule has 1 aromatic carbocycles. The van der Waals surface area contributed by atoms with Crippen LogP contribution in [0.15, 0.2) is 18.2 Å². The average molecular weight is 258 g/mol. The molecule has 1 N–H and O–H groups in total. The Kier molecular flexibility index (Phi) is 4.44. The van der Waals surface area contributed by atoms with Crippen LogP contribution in [0.3, 0.4) is 0 Å². The van der Waals surface area contributed by atoms with Crippen molar-refractivity contribution in [1.82, 2.24) is 0 Å². The van der Waals surface area contributed by atoms with Crippen LogP contribution in [-0.2, 0) is 0 Å². The van der Waals surface area contributed by atoms with E-state index in [-0.39, 0.29) is 0 Å². The van der Waals surface area contributed by atoms with Crippen LogP contribution in [0.4, 0.5) is 5.69 Å². The van der Waals surface area contributed by atoms with Gasteiger partial charge in [0, 0.05) is 23.8 Å². The van der Waals surface area contributed by atoms with Crippen LogP contribution in [0.5, 0.6) is 0 Å². The van der Waals surface area contributed by atoms with E-state index in [2.05, 4.69) is 17.9 Å². The summed E-state index contributed by atoms with van der Waals surface area (Å²) in [6, 6.07) is 8.25. The fraction of sp³-hybridized carbons (Fsp3) is 0.562. The number of nitrogens with zero attached hydrogens (tertiary/aromatic N) is 2. The molecule has 3 heteroatoms. The van der Waals surface area contributed by atoms with Gasteiger partial charge in [-0.25, -0.2) is 0 Å². The molecule has 0 aliphatic carbocycles. The van der Waals surface area contributed by atoms with Crippen LogP contribution in [0.2, 0.25) is 0 Å². The SMILES string of the molecule is CC1CCCCCN1c1cc(C#N)ccc1[C@@H](C)O. The van der Waals surface area contributed by atoms with E-state index < -0.39 is 6.10 Å². The molecular weight excluding hydrogens is 236 g/mol. The summed E-state index contributed by atoms with van der Waals surface area (Å²) in [6.45, 7) is 5.03. The molecule has 1 fully saturated rings. The summed E-state index contributed by atoms with van der Waals surface area (Å²) >= 11 is 0. The molecule has 0 amide bonds. The molecule has 1 saturated heterocycles. The molecule has 102 valence electrons. The Morgan fingerprint density at radius 3 is 2.84 bits per heavy atom. The number of hydrogen-bond acceptors (Lipinski definition) is 3. The van der Waals surface area contributed by atoms with Crippen molar-refractivity contribution in [2.24, 2.45) is 0 Å².